The molecule has 0 aromatic heterocycles. The Hall–Kier alpha value is -1.26. The van der Waals surface area contributed by atoms with E-state index in [2.05, 4.69) is 0 Å². The van der Waals surface area contributed by atoms with Crippen molar-refractivity contribution in [2.24, 2.45) is 5.73 Å². The Labute approximate surface area is 108 Å². The van der Waals surface area contributed by atoms with Gasteiger partial charge in [-0.15, -0.1) is 0 Å². The molecular formula is C14H21NO3. The number of nitrogens with two attached hydrogens (primary N) is 1. The summed E-state index contributed by atoms with van der Waals surface area (Å²) in [7, 11) is 1.66. The Balaban J connectivity index is 2.09. The lowest BCUT2D eigenvalue weighted by molar-refractivity contribution is 0.138. The van der Waals surface area contributed by atoms with Crippen molar-refractivity contribution < 1.29 is 14.2 Å². The van der Waals surface area contributed by atoms with Crippen LogP contribution in [0.25, 0.3) is 0 Å². The fourth-order valence-electron chi connectivity index (χ4n) is 2.09. The molecule has 1 aromatic carbocycles. The number of rotatable bonds is 5. The summed E-state index contributed by atoms with van der Waals surface area (Å²) < 4.78 is 16.5. The van der Waals surface area contributed by atoms with E-state index in [9.17, 15) is 0 Å². The van der Waals surface area contributed by atoms with Gasteiger partial charge in [0, 0.05) is 12.5 Å². The summed E-state index contributed by atoms with van der Waals surface area (Å²) in [5.41, 5.74) is 6.96. The first kappa shape index (κ1) is 13.2. The molecule has 0 saturated carbocycles. The summed E-state index contributed by atoms with van der Waals surface area (Å²) >= 11 is 0. The lowest BCUT2D eigenvalue weighted by Crippen LogP contribution is -2.18. The van der Waals surface area contributed by atoms with Crippen LogP contribution in [0.4, 0.5) is 0 Å². The molecule has 2 unspecified atom stereocenters. The Kier molecular flexibility index (Phi) is 4.44. The number of hydrogen-bond acceptors (Lipinski definition) is 4. The fourth-order valence-corrected chi connectivity index (χ4v) is 2.09. The predicted octanol–water partition coefficient (Wildman–Crippen LogP) is 1.75. The van der Waals surface area contributed by atoms with Crippen molar-refractivity contribution in [3.8, 4) is 11.5 Å². The number of benzene rings is 1. The Bertz CT molecular complexity index is 387. The minimum absolute atomic E-state index is 0.137. The average Bonchev–Trinajstić information content (AvgIpc) is 2.83. The molecule has 0 amide bonds. The van der Waals surface area contributed by atoms with E-state index >= 15 is 0 Å². The smallest absolute Gasteiger partial charge is 0.161 e. The second-order valence-electron chi connectivity index (χ2n) is 4.77. The van der Waals surface area contributed by atoms with Gasteiger partial charge in [-0.3, -0.25) is 0 Å². The minimum atomic E-state index is 0.137. The molecule has 0 radical (unpaired) electrons. The lowest BCUT2D eigenvalue weighted by Gasteiger charge is -2.16. The second-order valence-corrected chi connectivity index (χ2v) is 4.77. The van der Waals surface area contributed by atoms with E-state index in [1.165, 1.54) is 0 Å². The third-order valence-electron chi connectivity index (χ3n) is 2.97. The zero-order valence-corrected chi connectivity index (χ0v) is 11.0. The molecule has 2 atom stereocenters. The van der Waals surface area contributed by atoms with E-state index in [4.69, 9.17) is 19.9 Å². The molecule has 1 saturated heterocycles. The van der Waals surface area contributed by atoms with E-state index in [1.807, 2.05) is 25.1 Å². The average molecular weight is 251 g/mol. The van der Waals surface area contributed by atoms with Crippen LogP contribution in [-0.2, 0) is 11.2 Å². The van der Waals surface area contributed by atoms with Crippen molar-refractivity contribution >= 4 is 0 Å². The first-order valence-electron chi connectivity index (χ1n) is 6.36. The van der Waals surface area contributed by atoms with Crippen LogP contribution in [0.1, 0.15) is 18.9 Å². The summed E-state index contributed by atoms with van der Waals surface area (Å²) in [5.74, 6) is 1.54. The molecule has 0 bridgehead atoms. The van der Waals surface area contributed by atoms with Crippen molar-refractivity contribution in [3.63, 3.8) is 0 Å². The van der Waals surface area contributed by atoms with E-state index in [0.717, 1.165) is 36.5 Å². The number of methoxy groups -OCH3 is 1. The van der Waals surface area contributed by atoms with Gasteiger partial charge in [0.1, 0.15) is 6.10 Å². The van der Waals surface area contributed by atoms with Crippen molar-refractivity contribution in [3.05, 3.63) is 23.8 Å². The van der Waals surface area contributed by atoms with E-state index in [0.29, 0.717) is 6.61 Å². The topological polar surface area (TPSA) is 53.7 Å². The van der Waals surface area contributed by atoms with Gasteiger partial charge in [0.2, 0.25) is 0 Å². The summed E-state index contributed by atoms with van der Waals surface area (Å²) in [6.45, 7) is 3.42. The second kappa shape index (κ2) is 6.07. The lowest BCUT2D eigenvalue weighted by atomic mass is 10.1. The highest BCUT2D eigenvalue weighted by Gasteiger charge is 2.19. The summed E-state index contributed by atoms with van der Waals surface area (Å²) in [6.07, 6.45) is 1.91. The van der Waals surface area contributed by atoms with Crippen LogP contribution >= 0.6 is 0 Å². The number of hydrogen-bond donors (Lipinski definition) is 1. The Morgan fingerprint density at radius 1 is 1.44 bits per heavy atom. The van der Waals surface area contributed by atoms with Crippen LogP contribution in [-0.4, -0.2) is 32.5 Å². The first-order valence-corrected chi connectivity index (χ1v) is 6.36. The van der Waals surface area contributed by atoms with Gasteiger partial charge in [-0.1, -0.05) is 6.07 Å². The molecule has 1 heterocycles. The van der Waals surface area contributed by atoms with Gasteiger partial charge in [0.15, 0.2) is 11.5 Å². The van der Waals surface area contributed by atoms with Crippen molar-refractivity contribution in [1.29, 1.82) is 0 Å². The Morgan fingerprint density at radius 3 is 2.89 bits per heavy atom. The zero-order chi connectivity index (χ0) is 13.0. The van der Waals surface area contributed by atoms with Gasteiger partial charge in [-0.25, -0.2) is 0 Å². The van der Waals surface area contributed by atoms with E-state index in [-0.39, 0.29) is 12.1 Å². The highest BCUT2D eigenvalue weighted by atomic mass is 16.6. The van der Waals surface area contributed by atoms with Crippen LogP contribution < -0.4 is 15.2 Å². The number of ether oxygens (including phenoxy) is 3. The zero-order valence-electron chi connectivity index (χ0n) is 11.0. The molecule has 1 fully saturated rings. The third kappa shape index (κ3) is 3.37. The Morgan fingerprint density at radius 2 is 2.28 bits per heavy atom. The molecule has 1 aliphatic heterocycles. The maximum absolute atomic E-state index is 5.88. The minimum Gasteiger partial charge on any atom is -0.493 e. The van der Waals surface area contributed by atoms with E-state index in [1.54, 1.807) is 7.11 Å². The monoisotopic (exact) mass is 251 g/mol. The highest BCUT2D eigenvalue weighted by molar-refractivity contribution is 5.43. The maximum atomic E-state index is 5.88. The maximum Gasteiger partial charge on any atom is 0.161 e. The van der Waals surface area contributed by atoms with Crippen LogP contribution in [0, 0.1) is 0 Å². The van der Waals surface area contributed by atoms with Gasteiger partial charge < -0.3 is 19.9 Å². The predicted molar refractivity (Wildman–Crippen MR) is 70.2 cm³/mol. The molecule has 2 rings (SSSR count). The van der Waals surface area contributed by atoms with Crippen LogP contribution in [0.5, 0.6) is 11.5 Å². The molecular weight excluding hydrogens is 230 g/mol. The van der Waals surface area contributed by atoms with Gasteiger partial charge in [-0.2, -0.15) is 0 Å². The highest BCUT2D eigenvalue weighted by Crippen LogP contribution is 2.30. The normalized spacial score (nSPS) is 20.7. The van der Waals surface area contributed by atoms with Gasteiger partial charge in [0.25, 0.3) is 0 Å². The molecule has 100 valence electrons. The molecule has 1 aromatic rings. The first-order chi connectivity index (χ1) is 8.69. The summed E-state index contributed by atoms with van der Waals surface area (Å²) in [5, 5.41) is 0. The fraction of sp³-hybridized carbons (Fsp3) is 0.571. The van der Waals surface area contributed by atoms with E-state index < -0.39 is 0 Å². The molecule has 0 spiro atoms. The molecule has 18 heavy (non-hydrogen) atoms. The van der Waals surface area contributed by atoms with Crippen LogP contribution in [0.3, 0.4) is 0 Å². The third-order valence-corrected chi connectivity index (χ3v) is 2.97. The van der Waals surface area contributed by atoms with Crippen LogP contribution in [0.2, 0.25) is 0 Å². The quantitative estimate of drug-likeness (QED) is 0.866. The van der Waals surface area contributed by atoms with Gasteiger partial charge in [-0.05, 0) is 31.0 Å². The van der Waals surface area contributed by atoms with Crippen molar-refractivity contribution in [2.75, 3.05) is 20.3 Å². The summed E-state index contributed by atoms with van der Waals surface area (Å²) in [4.78, 5) is 0. The molecule has 4 heteroatoms. The van der Waals surface area contributed by atoms with Gasteiger partial charge in [0.05, 0.1) is 20.3 Å². The molecule has 1 aliphatic rings. The standard InChI is InChI=1S/C14H21NO3/c1-10(15)7-11-3-4-13(14(8-11)16-2)18-12-5-6-17-9-12/h3-4,8,10,12H,5-7,9,15H2,1-2H3. The molecule has 4 nitrogen and oxygen atoms in total. The van der Waals surface area contributed by atoms with Crippen molar-refractivity contribution in [1.82, 2.24) is 0 Å². The SMILES string of the molecule is COc1cc(CC(C)N)ccc1OC1CCOC1. The molecule has 2 N–H and O–H groups in total. The largest absolute Gasteiger partial charge is 0.493 e. The molecule has 0 aliphatic carbocycles. The van der Waals surface area contributed by atoms with Gasteiger partial charge >= 0.3 is 0 Å². The summed E-state index contributed by atoms with van der Waals surface area (Å²) in [6, 6.07) is 6.13. The van der Waals surface area contributed by atoms with Crippen LogP contribution in [0.15, 0.2) is 18.2 Å². The van der Waals surface area contributed by atoms with Crippen molar-refractivity contribution in [2.45, 2.75) is 31.9 Å².